The van der Waals surface area contributed by atoms with E-state index in [1.165, 1.54) is 11.3 Å². The number of nitrogens with one attached hydrogen (secondary N) is 2. The largest absolute Gasteiger partial charge is 0.497 e. The summed E-state index contributed by atoms with van der Waals surface area (Å²) in [5.74, 6) is 0.0368. The van der Waals surface area contributed by atoms with Crippen LogP contribution in [0.25, 0.3) is 6.08 Å². The Labute approximate surface area is 212 Å². The third-order valence-electron chi connectivity index (χ3n) is 7.03. The van der Waals surface area contributed by atoms with E-state index in [1.807, 2.05) is 6.92 Å². The van der Waals surface area contributed by atoms with Gasteiger partial charge in [0.15, 0.2) is 0 Å². The van der Waals surface area contributed by atoms with Gasteiger partial charge in [-0.2, -0.15) is 0 Å². The maximum Gasteiger partial charge on any atom is 0.329 e. The van der Waals surface area contributed by atoms with Crippen molar-refractivity contribution in [1.82, 2.24) is 10.2 Å². The Balaban J connectivity index is 1.53. The van der Waals surface area contributed by atoms with Gasteiger partial charge in [-0.1, -0.05) is 6.92 Å². The van der Waals surface area contributed by atoms with E-state index in [0.29, 0.717) is 17.4 Å². The van der Waals surface area contributed by atoms with Crippen LogP contribution in [-0.2, 0) is 9.59 Å². The van der Waals surface area contributed by atoms with Crippen LogP contribution in [0.2, 0.25) is 0 Å². The van der Waals surface area contributed by atoms with Gasteiger partial charge in [0.1, 0.15) is 18.0 Å². The Hall–Kier alpha value is -3.81. The number of aryl methyl sites for hydroxylation is 1. The quantitative estimate of drug-likeness (QED) is 0.455. The molecule has 0 aromatic heterocycles. The molecule has 2 aromatic rings. The topological polar surface area (TPSA) is 91.0 Å². The molecule has 1 unspecified atom stereocenters. The number of carbonyl (C=O) groups is 3. The van der Waals surface area contributed by atoms with Gasteiger partial charge in [-0.25, -0.2) is 9.69 Å². The number of ether oxygens (including phenoxy) is 1. The van der Waals surface area contributed by atoms with Gasteiger partial charge < -0.3 is 20.3 Å². The molecular formula is C28H34N4O4. The molecule has 2 aliphatic rings. The van der Waals surface area contributed by atoms with Gasteiger partial charge in [0.05, 0.1) is 7.11 Å². The summed E-state index contributed by atoms with van der Waals surface area (Å²) in [7, 11) is 1.56. The first kappa shape index (κ1) is 25.3. The Morgan fingerprint density at radius 1 is 1.22 bits per heavy atom. The molecule has 0 bridgehead atoms. The van der Waals surface area contributed by atoms with E-state index in [-0.39, 0.29) is 17.8 Å². The lowest BCUT2D eigenvalue weighted by molar-refractivity contribution is -0.127. The van der Waals surface area contributed by atoms with E-state index in [4.69, 9.17) is 4.74 Å². The number of hydrogen-bond donors (Lipinski definition) is 2. The predicted octanol–water partition coefficient (Wildman–Crippen LogP) is 4.65. The lowest BCUT2D eigenvalue weighted by Crippen LogP contribution is -2.48. The molecule has 2 N–H and O–H groups in total. The number of rotatable bonds is 6. The van der Waals surface area contributed by atoms with Crippen LogP contribution >= 0.6 is 0 Å². The van der Waals surface area contributed by atoms with Gasteiger partial charge in [0.2, 0.25) is 5.91 Å². The summed E-state index contributed by atoms with van der Waals surface area (Å²) in [4.78, 5) is 41.4. The Morgan fingerprint density at radius 3 is 2.56 bits per heavy atom. The fourth-order valence-electron chi connectivity index (χ4n) is 5.29. The third kappa shape index (κ3) is 4.80. The highest BCUT2D eigenvalue weighted by Gasteiger charge is 2.37. The zero-order chi connectivity index (χ0) is 26.2. The molecule has 0 radical (unpaired) electrons. The fraction of sp³-hybridized carbons (Fsp3) is 0.393. The van der Waals surface area contributed by atoms with Crippen LogP contribution in [0.1, 0.15) is 56.7 Å². The molecule has 0 aliphatic carbocycles. The Kier molecular flexibility index (Phi) is 6.80. The molecule has 1 saturated heterocycles. The molecule has 190 valence electrons. The highest BCUT2D eigenvalue weighted by atomic mass is 16.5. The smallest absolute Gasteiger partial charge is 0.329 e. The summed E-state index contributed by atoms with van der Waals surface area (Å²) >= 11 is 0. The van der Waals surface area contributed by atoms with Crippen molar-refractivity contribution >= 4 is 35.3 Å². The van der Waals surface area contributed by atoms with Crippen molar-refractivity contribution in [2.24, 2.45) is 0 Å². The molecule has 8 heteroatoms. The maximum atomic E-state index is 13.0. The second-order valence-corrected chi connectivity index (χ2v) is 10.1. The van der Waals surface area contributed by atoms with Crippen LogP contribution in [0.5, 0.6) is 5.75 Å². The van der Waals surface area contributed by atoms with Crippen molar-refractivity contribution < 1.29 is 19.1 Å². The van der Waals surface area contributed by atoms with Gasteiger partial charge in [-0.3, -0.25) is 9.59 Å². The minimum atomic E-state index is -0.612. The van der Waals surface area contributed by atoms with Crippen LogP contribution in [0, 0.1) is 6.92 Å². The molecule has 8 nitrogen and oxygen atoms in total. The van der Waals surface area contributed by atoms with Crippen LogP contribution in [0.3, 0.4) is 0 Å². The van der Waals surface area contributed by atoms with Crippen LogP contribution < -0.4 is 20.3 Å². The van der Waals surface area contributed by atoms with E-state index in [0.717, 1.165) is 29.0 Å². The average molecular weight is 491 g/mol. The predicted molar refractivity (Wildman–Crippen MR) is 141 cm³/mol. The van der Waals surface area contributed by atoms with E-state index in [2.05, 4.69) is 55.4 Å². The van der Waals surface area contributed by atoms with Crippen LogP contribution in [0.15, 0.2) is 42.1 Å². The van der Waals surface area contributed by atoms with Gasteiger partial charge in [-0.15, -0.1) is 0 Å². The summed E-state index contributed by atoms with van der Waals surface area (Å²) in [6, 6.07) is 10.5. The Morgan fingerprint density at radius 2 is 1.92 bits per heavy atom. The number of hydrogen-bond acceptors (Lipinski definition) is 5. The van der Waals surface area contributed by atoms with Crippen LogP contribution in [0.4, 0.5) is 16.2 Å². The number of imide groups is 1. The number of nitrogens with zero attached hydrogens (tertiary/aromatic N) is 2. The molecule has 4 amide bonds. The molecule has 2 aliphatic heterocycles. The molecule has 36 heavy (non-hydrogen) atoms. The van der Waals surface area contributed by atoms with E-state index < -0.39 is 17.8 Å². The lowest BCUT2D eigenvalue weighted by Gasteiger charge is -2.47. The molecule has 1 fully saturated rings. The zero-order valence-electron chi connectivity index (χ0n) is 21.8. The van der Waals surface area contributed by atoms with Crippen molar-refractivity contribution in [2.75, 3.05) is 30.4 Å². The SMILES string of the molecule is CCN1c2cc(C)c(/C=C3/NC(=O)N(CC(=O)Nc4ccc(OC)cc4)C3=O)cc2C(C)CC1(C)C. The van der Waals surface area contributed by atoms with Crippen molar-refractivity contribution in [2.45, 2.75) is 52.5 Å². The average Bonchev–Trinajstić information content (AvgIpc) is 3.07. The highest BCUT2D eigenvalue weighted by molar-refractivity contribution is 6.16. The van der Waals surface area contributed by atoms with Crippen molar-refractivity contribution in [3.8, 4) is 5.75 Å². The first-order chi connectivity index (χ1) is 17.0. The summed E-state index contributed by atoms with van der Waals surface area (Å²) in [5, 5.41) is 5.33. The second-order valence-electron chi connectivity index (χ2n) is 10.1. The lowest BCUT2D eigenvalue weighted by atomic mass is 9.79. The minimum absolute atomic E-state index is 0.0654. The first-order valence-electron chi connectivity index (χ1n) is 12.2. The summed E-state index contributed by atoms with van der Waals surface area (Å²) in [6.45, 7) is 11.5. The summed E-state index contributed by atoms with van der Waals surface area (Å²) in [5.41, 5.74) is 5.13. The van der Waals surface area contributed by atoms with Gasteiger partial charge >= 0.3 is 6.03 Å². The third-order valence-corrected chi connectivity index (χ3v) is 7.03. The monoisotopic (exact) mass is 490 g/mol. The number of anilines is 2. The normalized spacial score (nSPS) is 19.8. The first-order valence-corrected chi connectivity index (χ1v) is 12.2. The van der Waals surface area contributed by atoms with Crippen molar-refractivity contribution in [1.29, 1.82) is 0 Å². The molecule has 1 atom stereocenters. The van der Waals surface area contributed by atoms with Crippen LogP contribution in [-0.4, -0.2) is 48.5 Å². The van der Waals surface area contributed by atoms with Crippen molar-refractivity contribution in [3.05, 3.63) is 58.8 Å². The molecule has 0 saturated carbocycles. The number of amides is 4. The molecule has 4 rings (SSSR count). The number of urea groups is 1. The minimum Gasteiger partial charge on any atom is -0.497 e. The molecule has 2 aromatic carbocycles. The summed E-state index contributed by atoms with van der Waals surface area (Å²) in [6.07, 6.45) is 2.74. The fourth-order valence-corrected chi connectivity index (χ4v) is 5.29. The molecule has 2 heterocycles. The second kappa shape index (κ2) is 9.68. The molecule has 0 spiro atoms. The van der Waals surface area contributed by atoms with E-state index >= 15 is 0 Å². The van der Waals surface area contributed by atoms with Crippen molar-refractivity contribution in [3.63, 3.8) is 0 Å². The van der Waals surface area contributed by atoms with Gasteiger partial charge in [0, 0.05) is 23.5 Å². The zero-order valence-corrected chi connectivity index (χ0v) is 21.8. The number of methoxy groups -OCH3 is 1. The van der Waals surface area contributed by atoms with Gasteiger partial charge in [0.25, 0.3) is 5.91 Å². The standard InChI is InChI=1S/C28H34N4O4/c1-7-32-24-12-17(2)19(13-22(24)18(3)15-28(32,4)5)14-23-26(34)31(27(35)30-23)16-25(33)29-20-8-10-21(36-6)11-9-20/h8-14,18H,7,15-16H2,1-6H3,(H,29,33)(H,30,35)/b23-14+. The number of carbonyl (C=O) groups excluding carboxylic acids is 3. The van der Waals surface area contributed by atoms with E-state index in [9.17, 15) is 14.4 Å². The maximum absolute atomic E-state index is 13.0. The van der Waals surface area contributed by atoms with Gasteiger partial charge in [-0.05, 0) is 99.2 Å². The highest BCUT2D eigenvalue weighted by Crippen LogP contribution is 2.44. The summed E-state index contributed by atoms with van der Waals surface area (Å²) < 4.78 is 5.11. The Bertz CT molecular complexity index is 1230. The number of fused-ring (bicyclic) bond motifs is 1. The number of benzene rings is 2. The molecular weight excluding hydrogens is 456 g/mol. The van der Waals surface area contributed by atoms with E-state index in [1.54, 1.807) is 37.5 Å².